The van der Waals surface area contributed by atoms with E-state index in [1.165, 1.54) is 0 Å². The van der Waals surface area contributed by atoms with Gasteiger partial charge in [-0.15, -0.1) is 0 Å². The fraction of sp³-hybridized carbons (Fsp3) is 0.750. The van der Waals surface area contributed by atoms with Crippen LogP contribution in [0.3, 0.4) is 0 Å². The minimum absolute atomic E-state index is 0.0934. The Balaban J connectivity index is 2.53. The summed E-state index contributed by atoms with van der Waals surface area (Å²) in [7, 11) is 0. The molecule has 108 valence electrons. The molecule has 0 aromatic heterocycles. The van der Waals surface area contributed by atoms with Crippen molar-refractivity contribution in [1.29, 1.82) is 0 Å². The van der Waals surface area contributed by atoms with Crippen LogP contribution in [0.15, 0.2) is 0 Å². The van der Waals surface area contributed by atoms with Crippen LogP contribution in [0.4, 0.5) is 4.79 Å². The summed E-state index contributed by atoms with van der Waals surface area (Å²) >= 11 is 0. The molecule has 0 spiro atoms. The molecule has 0 saturated heterocycles. The van der Waals surface area contributed by atoms with E-state index in [9.17, 15) is 14.4 Å². The molecule has 7 heteroatoms. The van der Waals surface area contributed by atoms with Gasteiger partial charge in [-0.25, -0.2) is 4.79 Å². The van der Waals surface area contributed by atoms with Crippen LogP contribution in [0.1, 0.15) is 33.1 Å². The fourth-order valence-corrected chi connectivity index (χ4v) is 2.32. The molecular formula is C12H21N3O4. The normalized spacial score (nSPS) is 23.9. The minimum Gasteiger partial charge on any atom is -0.481 e. The second-order valence-corrected chi connectivity index (χ2v) is 5.28. The van der Waals surface area contributed by atoms with Gasteiger partial charge in [-0.1, -0.05) is 13.8 Å². The quantitative estimate of drug-likeness (QED) is 0.564. The molecule has 1 fully saturated rings. The van der Waals surface area contributed by atoms with E-state index >= 15 is 0 Å². The third-order valence-electron chi connectivity index (χ3n) is 3.38. The van der Waals surface area contributed by atoms with Gasteiger partial charge in [0.1, 0.15) is 6.04 Å². The minimum atomic E-state index is -0.826. The topological polar surface area (TPSA) is 122 Å². The van der Waals surface area contributed by atoms with Crippen molar-refractivity contribution < 1.29 is 19.5 Å². The number of hydrogen-bond acceptors (Lipinski definition) is 3. The van der Waals surface area contributed by atoms with Crippen molar-refractivity contribution in [2.75, 3.05) is 0 Å². The molecule has 3 atom stereocenters. The molecule has 1 saturated carbocycles. The molecule has 3 amide bonds. The van der Waals surface area contributed by atoms with Gasteiger partial charge in [0, 0.05) is 6.04 Å². The molecule has 1 aliphatic carbocycles. The molecule has 0 radical (unpaired) electrons. The molecule has 0 heterocycles. The number of rotatable bonds is 5. The Kier molecular flexibility index (Phi) is 5.14. The number of amides is 3. The predicted octanol–water partition coefficient (Wildman–Crippen LogP) is 0.0488. The second-order valence-electron chi connectivity index (χ2n) is 5.28. The van der Waals surface area contributed by atoms with Crippen LogP contribution in [0.25, 0.3) is 0 Å². The lowest BCUT2D eigenvalue weighted by molar-refractivity contribution is -0.141. The molecule has 1 unspecified atom stereocenters. The van der Waals surface area contributed by atoms with Crippen molar-refractivity contribution >= 4 is 17.9 Å². The Morgan fingerprint density at radius 2 is 1.89 bits per heavy atom. The SMILES string of the molecule is CC(C)C(NC(N)=O)C(=O)N[C@H]1CC[C@@H](C(=O)O)C1. The smallest absolute Gasteiger partial charge is 0.312 e. The maximum atomic E-state index is 12.0. The Hall–Kier alpha value is -1.79. The lowest BCUT2D eigenvalue weighted by Gasteiger charge is -2.23. The zero-order valence-electron chi connectivity index (χ0n) is 11.2. The zero-order valence-corrected chi connectivity index (χ0v) is 11.2. The highest BCUT2D eigenvalue weighted by Crippen LogP contribution is 2.25. The Morgan fingerprint density at radius 3 is 2.32 bits per heavy atom. The van der Waals surface area contributed by atoms with Crippen LogP contribution in [0.2, 0.25) is 0 Å². The predicted molar refractivity (Wildman–Crippen MR) is 68.3 cm³/mol. The van der Waals surface area contributed by atoms with Gasteiger partial charge in [-0.3, -0.25) is 9.59 Å². The van der Waals surface area contributed by atoms with Crippen molar-refractivity contribution in [1.82, 2.24) is 10.6 Å². The summed E-state index contributed by atoms with van der Waals surface area (Å²) in [5, 5.41) is 14.1. The number of carbonyl (C=O) groups excluding carboxylic acids is 2. The molecule has 0 bridgehead atoms. The van der Waals surface area contributed by atoms with Crippen LogP contribution in [-0.2, 0) is 9.59 Å². The van der Waals surface area contributed by atoms with Crippen LogP contribution in [0, 0.1) is 11.8 Å². The zero-order chi connectivity index (χ0) is 14.6. The summed E-state index contributed by atoms with van der Waals surface area (Å²) in [5.41, 5.74) is 5.03. The number of hydrogen-bond donors (Lipinski definition) is 4. The van der Waals surface area contributed by atoms with E-state index < -0.39 is 24.0 Å². The molecule has 1 aliphatic rings. The molecule has 1 rings (SSSR count). The van der Waals surface area contributed by atoms with Gasteiger partial charge in [-0.05, 0) is 25.2 Å². The lowest BCUT2D eigenvalue weighted by Crippen LogP contribution is -2.53. The van der Waals surface area contributed by atoms with Gasteiger partial charge in [0.25, 0.3) is 0 Å². The standard InChI is InChI=1S/C12H21N3O4/c1-6(2)9(15-12(13)19)10(16)14-8-4-3-7(5-8)11(17)18/h6-9H,3-5H2,1-2H3,(H,14,16)(H,17,18)(H3,13,15,19)/t7-,8+,9?/m1/s1. The largest absolute Gasteiger partial charge is 0.481 e. The molecule has 0 aromatic rings. The van der Waals surface area contributed by atoms with E-state index in [4.69, 9.17) is 10.8 Å². The summed E-state index contributed by atoms with van der Waals surface area (Å²) in [4.78, 5) is 33.7. The number of urea groups is 1. The van der Waals surface area contributed by atoms with Gasteiger partial charge >= 0.3 is 12.0 Å². The van der Waals surface area contributed by atoms with Crippen molar-refractivity contribution in [2.45, 2.75) is 45.2 Å². The molecule has 7 nitrogen and oxygen atoms in total. The van der Waals surface area contributed by atoms with Crippen LogP contribution in [0.5, 0.6) is 0 Å². The summed E-state index contributed by atoms with van der Waals surface area (Å²) in [6.07, 6.45) is 1.64. The van der Waals surface area contributed by atoms with Crippen LogP contribution in [-0.4, -0.2) is 35.1 Å². The monoisotopic (exact) mass is 271 g/mol. The first kappa shape index (κ1) is 15.3. The Morgan fingerprint density at radius 1 is 1.26 bits per heavy atom. The Labute approximate surface area is 111 Å². The van der Waals surface area contributed by atoms with Crippen molar-refractivity contribution in [3.63, 3.8) is 0 Å². The van der Waals surface area contributed by atoms with E-state index in [1.54, 1.807) is 13.8 Å². The molecule has 5 N–H and O–H groups in total. The molecule has 0 aliphatic heterocycles. The van der Waals surface area contributed by atoms with E-state index in [-0.39, 0.29) is 17.9 Å². The summed E-state index contributed by atoms with van der Waals surface area (Å²) in [6, 6.07) is -1.59. The highest BCUT2D eigenvalue weighted by molar-refractivity contribution is 5.87. The summed E-state index contributed by atoms with van der Waals surface area (Å²) in [6.45, 7) is 3.60. The lowest BCUT2D eigenvalue weighted by atomic mass is 10.0. The van der Waals surface area contributed by atoms with Gasteiger partial charge < -0.3 is 21.5 Å². The number of carboxylic acids is 1. The third-order valence-corrected chi connectivity index (χ3v) is 3.38. The van der Waals surface area contributed by atoms with E-state index in [0.717, 1.165) is 0 Å². The third kappa shape index (κ3) is 4.42. The van der Waals surface area contributed by atoms with Crippen LogP contribution >= 0.6 is 0 Å². The number of carbonyl (C=O) groups is 3. The number of nitrogens with two attached hydrogens (primary N) is 1. The number of primary amides is 1. The van der Waals surface area contributed by atoms with Crippen molar-refractivity contribution in [2.24, 2.45) is 17.6 Å². The number of aliphatic carboxylic acids is 1. The average Bonchev–Trinajstić information content (AvgIpc) is 2.73. The van der Waals surface area contributed by atoms with Crippen LogP contribution < -0.4 is 16.4 Å². The van der Waals surface area contributed by atoms with Crippen molar-refractivity contribution in [3.8, 4) is 0 Å². The average molecular weight is 271 g/mol. The van der Waals surface area contributed by atoms with E-state index in [1.807, 2.05) is 0 Å². The van der Waals surface area contributed by atoms with Gasteiger partial charge in [-0.2, -0.15) is 0 Å². The molecule has 19 heavy (non-hydrogen) atoms. The molecule has 0 aromatic carbocycles. The van der Waals surface area contributed by atoms with Gasteiger partial charge in [0.05, 0.1) is 5.92 Å². The first-order chi connectivity index (χ1) is 8.81. The fourth-order valence-electron chi connectivity index (χ4n) is 2.32. The maximum Gasteiger partial charge on any atom is 0.312 e. The van der Waals surface area contributed by atoms with Gasteiger partial charge in [0.15, 0.2) is 0 Å². The highest BCUT2D eigenvalue weighted by Gasteiger charge is 2.32. The van der Waals surface area contributed by atoms with Crippen molar-refractivity contribution in [3.05, 3.63) is 0 Å². The summed E-state index contributed by atoms with van der Waals surface area (Å²) < 4.78 is 0. The maximum absolute atomic E-state index is 12.0. The van der Waals surface area contributed by atoms with Gasteiger partial charge in [0.2, 0.25) is 5.91 Å². The molecular weight excluding hydrogens is 250 g/mol. The first-order valence-electron chi connectivity index (χ1n) is 6.40. The second kappa shape index (κ2) is 6.40. The number of nitrogens with one attached hydrogen (secondary N) is 2. The highest BCUT2D eigenvalue weighted by atomic mass is 16.4. The summed E-state index contributed by atoms with van der Waals surface area (Å²) in [5.74, 6) is -1.63. The van der Waals surface area contributed by atoms with E-state index in [2.05, 4.69) is 10.6 Å². The number of carboxylic acid groups (broad SMARTS) is 1. The van der Waals surface area contributed by atoms with E-state index in [0.29, 0.717) is 19.3 Å². The Bertz CT molecular complexity index is 370. The first-order valence-corrected chi connectivity index (χ1v) is 6.40.